The Bertz CT molecular complexity index is 1060. The van der Waals surface area contributed by atoms with Gasteiger partial charge in [-0.1, -0.05) is 38.1 Å². The predicted molar refractivity (Wildman–Crippen MR) is 124 cm³/mol. The second kappa shape index (κ2) is 10.7. The number of hydrogen-bond donors (Lipinski definition) is 2. The average molecular weight is 459 g/mol. The first-order chi connectivity index (χ1) is 15.3. The molecule has 0 aliphatic carbocycles. The molecule has 1 fully saturated rings. The topological polar surface area (TPSA) is 98.8 Å². The molecule has 1 aliphatic heterocycles. The molecule has 0 aromatic heterocycles. The number of carbonyl (C=O) groups is 2. The summed E-state index contributed by atoms with van der Waals surface area (Å²) in [6.07, 6.45) is 0.842. The van der Waals surface area contributed by atoms with Crippen LogP contribution in [0.2, 0.25) is 0 Å². The van der Waals surface area contributed by atoms with Crippen molar-refractivity contribution in [1.82, 2.24) is 14.5 Å². The Balaban J connectivity index is 1.55. The zero-order valence-corrected chi connectivity index (χ0v) is 19.3. The number of sulfonamides is 1. The van der Waals surface area contributed by atoms with Crippen LogP contribution in [0, 0.1) is 0 Å². The highest BCUT2D eigenvalue weighted by atomic mass is 32.2. The molecule has 1 heterocycles. The Morgan fingerprint density at radius 3 is 2.38 bits per heavy atom. The third-order valence-corrected chi connectivity index (χ3v) is 6.97. The Hall–Kier alpha value is -2.75. The molecule has 0 atom stereocenters. The summed E-state index contributed by atoms with van der Waals surface area (Å²) in [5, 5.41) is 2.98. The van der Waals surface area contributed by atoms with Crippen molar-refractivity contribution in [3.63, 3.8) is 0 Å². The van der Waals surface area contributed by atoms with Gasteiger partial charge in [-0.2, -0.15) is 0 Å². The first-order valence-electron chi connectivity index (χ1n) is 10.8. The molecule has 32 heavy (non-hydrogen) atoms. The summed E-state index contributed by atoms with van der Waals surface area (Å²) in [6, 6.07) is 13.8. The Kier molecular flexibility index (Phi) is 8.00. The zero-order chi connectivity index (χ0) is 23.1. The van der Waals surface area contributed by atoms with Crippen LogP contribution >= 0.6 is 0 Å². The van der Waals surface area contributed by atoms with Crippen molar-refractivity contribution in [2.24, 2.45) is 0 Å². The van der Waals surface area contributed by atoms with E-state index in [0.717, 1.165) is 17.7 Å². The molecule has 9 heteroatoms. The second-order valence-electron chi connectivity index (χ2n) is 7.66. The van der Waals surface area contributed by atoms with E-state index in [1.807, 2.05) is 36.1 Å². The van der Waals surface area contributed by atoms with E-state index in [0.29, 0.717) is 31.7 Å². The van der Waals surface area contributed by atoms with Crippen LogP contribution in [-0.2, 0) is 21.2 Å². The maximum Gasteiger partial charge on any atom is 0.253 e. The number of carbonyl (C=O) groups excluding carboxylic acids is 2. The van der Waals surface area contributed by atoms with Gasteiger partial charge in [0.2, 0.25) is 15.9 Å². The fraction of sp³-hybridized carbons (Fsp3) is 0.391. The number of anilines is 1. The third kappa shape index (κ3) is 5.93. The van der Waals surface area contributed by atoms with Crippen molar-refractivity contribution in [3.05, 3.63) is 59.7 Å². The van der Waals surface area contributed by atoms with Crippen molar-refractivity contribution in [2.75, 3.05) is 44.6 Å². The summed E-state index contributed by atoms with van der Waals surface area (Å²) in [7, 11) is -3.62. The van der Waals surface area contributed by atoms with Crippen LogP contribution < -0.4 is 10.0 Å². The Morgan fingerprint density at radius 1 is 0.969 bits per heavy atom. The van der Waals surface area contributed by atoms with Gasteiger partial charge >= 0.3 is 0 Å². The fourth-order valence-corrected chi connectivity index (χ4v) is 4.79. The monoisotopic (exact) mass is 458 g/mol. The molecule has 0 unspecified atom stereocenters. The summed E-state index contributed by atoms with van der Waals surface area (Å²) in [4.78, 5) is 29.1. The summed E-state index contributed by atoms with van der Waals surface area (Å²) in [5.74, 6) is -0.286. The molecule has 2 N–H and O–H groups in total. The normalized spacial score (nSPS) is 14.9. The standard InChI is InChI=1S/C23H30N4O4S/c1-3-18-8-5-6-11-21(18)25-22(28)17-26-12-14-27(15-13-26)23(29)19-9-7-10-20(16-19)32(30,31)24-4-2/h5-11,16,24H,3-4,12-15,17H2,1-2H3,(H,25,28). The molecule has 0 spiro atoms. The summed E-state index contributed by atoms with van der Waals surface area (Å²) in [5.41, 5.74) is 2.27. The van der Waals surface area contributed by atoms with E-state index >= 15 is 0 Å². The SMILES string of the molecule is CCNS(=O)(=O)c1cccc(C(=O)N2CCN(CC(=O)Nc3ccccc3CC)CC2)c1. The van der Waals surface area contributed by atoms with Gasteiger partial charge in [0.15, 0.2) is 0 Å². The highest BCUT2D eigenvalue weighted by Crippen LogP contribution is 2.17. The largest absolute Gasteiger partial charge is 0.336 e. The minimum absolute atomic E-state index is 0.0767. The van der Waals surface area contributed by atoms with Gasteiger partial charge in [0, 0.05) is 44.0 Å². The van der Waals surface area contributed by atoms with Gasteiger partial charge in [-0.25, -0.2) is 13.1 Å². The number of hydrogen-bond acceptors (Lipinski definition) is 5. The van der Waals surface area contributed by atoms with Crippen molar-refractivity contribution in [1.29, 1.82) is 0 Å². The molecule has 1 aliphatic rings. The van der Waals surface area contributed by atoms with Gasteiger partial charge in [0.1, 0.15) is 0 Å². The lowest BCUT2D eigenvalue weighted by Crippen LogP contribution is -2.50. The van der Waals surface area contributed by atoms with Crippen molar-refractivity contribution < 1.29 is 18.0 Å². The van der Waals surface area contributed by atoms with E-state index in [4.69, 9.17) is 0 Å². The van der Waals surface area contributed by atoms with E-state index in [2.05, 4.69) is 10.0 Å². The van der Waals surface area contributed by atoms with Gasteiger partial charge in [-0.05, 0) is 36.2 Å². The van der Waals surface area contributed by atoms with E-state index < -0.39 is 10.0 Å². The number of piperazine rings is 1. The number of aryl methyl sites for hydroxylation is 1. The first-order valence-corrected chi connectivity index (χ1v) is 12.3. The second-order valence-corrected chi connectivity index (χ2v) is 9.42. The van der Waals surface area contributed by atoms with E-state index in [1.54, 1.807) is 24.0 Å². The van der Waals surface area contributed by atoms with Gasteiger partial charge < -0.3 is 10.2 Å². The number of benzene rings is 2. The van der Waals surface area contributed by atoms with Crippen molar-refractivity contribution in [3.8, 4) is 0 Å². The van der Waals surface area contributed by atoms with Crippen molar-refractivity contribution >= 4 is 27.5 Å². The lowest BCUT2D eigenvalue weighted by Gasteiger charge is -2.34. The molecule has 2 aromatic carbocycles. The van der Waals surface area contributed by atoms with Gasteiger partial charge in [-0.15, -0.1) is 0 Å². The molecule has 2 amide bonds. The van der Waals surface area contributed by atoms with Gasteiger partial charge in [-0.3, -0.25) is 14.5 Å². The number of nitrogens with one attached hydrogen (secondary N) is 2. The third-order valence-electron chi connectivity index (χ3n) is 5.42. The fourth-order valence-electron chi connectivity index (χ4n) is 3.70. The molecule has 2 aromatic rings. The van der Waals surface area contributed by atoms with Gasteiger partial charge in [0.05, 0.1) is 11.4 Å². The molecule has 172 valence electrons. The number of nitrogens with zero attached hydrogens (tertiary/aromatic N) is 2. The number of para-hydroxylation sites is 1. The van der Waals surface area contributed by atoms with Crippen LogP contribution in [0.15, 0.2) is 53.4 Å². The minimum Gasteiger partial charge on any atom is -0.336 e. The average Bonchev–Trinajstić information content (AvgIpc) is 2.79. The first kappa shape index (κ1) is 23.9. The van der Waals surface area contributed by atoms with E-state index in [-0.39, 0.29) is 29.8 Å². The quantitative estimate of drug-likeness (QED) is 0.630. The highest BCUT2D eigenvalue weighted by molar-refractivity contribution is 7.89. The van der Waals surface area contributed by atoms with Crippen LogP contribution in [0.1, 0.15) is 29.8 Å². The highest BCUT2D eigenvalue weighted by Gasteiger charge is 2.24. The van der Waals surface area contributed by atoms with Crippen LogP contribution in [0.3, 0.4) is 0 Å². The molecule has 1 saturated heterocycles. The lowest BCUT2D eigenvalue weighted by atomic mass is 10.1. The molecule has 0 radical (unpaired) electrons. The summed E-state index contributed by atoms with van der Waals surface area (Å²) in [6.45, 7) is 6.38. The Labute approximate surface area is 189 Å². The predicted octanol–water partition coefficient (Wildman–Crippen LogP) is 1.94. The molecular weight excluding hydrogens is 428 g/mol. The molecule has 3 rings (SSSR count). The minimum atomic E-state index is -3.62. The van der Waals surface area contributed by atoms with Crippen LogP contribution in [0.4, 0.5) is 5.69 Å². The summed E-state index contributed by atoms with van der Waals surface area (Å²) >= 11 is 0. The van der Waals surface area contributed by atoms with Crippen LogP contribution in [0.5, 0.6) is 0 Å². The van der Waals surface area contributed by atoms with Gasteiger partial charge in [0.25, 0.3) is 5.91 Å². The van der Waals surface area contributed by atoms with Crippen molar-refractivity contribution in [2.45, 2.75) is 25.2 Å². The molecule has 0 bridgehead atoms. The Morgan fingerprint density at radius 2 is 1.69 bits per heavy atom. The van der Waals surface area contributed by atoms with E-state index in [9.17, 15) is 18.0 Å². The molecular formula is C23H30N4O4S. The van der Waals surface area contributed by atoms with Crippen LogP contribution in [-0.4, -0.2) is 69.3 Å². The zero-order valence-electron chi connectivity index (χ0n) is 18.5. The number of rotatable bonds is 8. The molecule has 0 saturated carbocycles. The van der Waals surface area contributed by atoms with Crippen LogP contribution in [0.25, 0.3) is 0 Å². The smallest absolute Gasteiger partial charge is 0.253 e. The maximum absolute atomic E-state index is 12.9. The number of amides is 2. The summed E-state index contributed by atoms with van der Waals surface area (Å²) < 4.78 is 26.9. The maximum atomic E-state index is 12.9. The lowest BCUT2D eigenvalue weighted by molar-refractivity contribution is -0.117. The van der Waals surface area contributed by atoms with E-state index in [1.165, 1.54) is 12.1 Å². The molecule has 8 nitrogen and oxygen atoms in total.